The van der Waals surface area contributed by atoms with E-state index in [0.717, 1.165) is 11.8 Å². The topological polar surface area (TPSA) is 93.2 Å². The van der Waals surface area contributed by atoms with E-state index in [1.165, 1.54) is 19.1 Å². The molecule has 1 aromatic heterocycles. The lowest BCUT2D eigenvalue weighted by molar-refractivity contribution is -0.204. The van der Waals surface area contributed by atoms with Gasteiger partial charge in [0.05, 0.1) is 18.4 Å². The zero-order valence-corrected chi connectivity index (χ0v) is 14.9. The van der Waals surface area contributed by atoms with E-state index in [1.807, 2.05) is 5.32 Å². The lowest BCUT2D eigenvalue weighted by atomic mass is 9.70. The third-order valence-corrected chi connectivity index (χ3v) is 4.78. The van der Waals surface area contributed by atoms with Crippen molar-refractivity contribution in [2.45, 2.75) is 18.5 Å². The van der Waals surface area contributed by atoms with Crippen molar-refractivity contribution in [2.24, 2.45) is 5.92 Å². The Morgan fingerprint density at radius 3 is 2.39 bits per heavy atom. The average molecular weight is 395 g/mol. The van der Waals surface area contributed by atoms with Crippen LogP contribution in [0.5, 0.6) is 0 Å². The highest BCUT2D eigenvalue weighted by atomic mass is 19.4. The van der Waals surface area contributed by atoms with E-state index < -0.39 is 46.2 Å². The van der Waals surface area contributed by atoms with Gasteiger partial charge in [-0.25, -0.2) is 4.68 Å². The van der Waals surface area contributed by atoms with Crippen molar-refractivity contribution in [3.05, 3.63) is 64.2 Å². The number of hydrogen-bond acceptors (Lipinski definition) is 4. The molecule has 3 rings (SSSR count). The first-order valence-corrected chi connectivity index (χ1v) is 8.09. The van der Waals surface area contributed by atoms with Gasteiger partial charge >= 0.3 is 12.1 Å². The molecule has 0 saturated carbocycles. The Bertz CT molecular complexity index is 1020. The molecule has 0 aliphatic carbocycles. The SMILES string of the molecule is C=C1NC(=O)[C@](c2c(C)[nH]n(-c3ccccc3)c2=O)(C(F)(F)F)[C@H]1C(=O)OC. The van der Waals surface area contributed by atoms with Gasteiger partial charge in [-0.1, -0.05) is 24.8 Å². The van der Waals surface area contributed by atoms with Gasteiger partial charge in [0.2, 0.25) is 5.91 Å². The van der Waals surface area contributed by atoms with Crippen LogP contribution < -0.4 is 10.9 Å². The highest BCUT2D eigenvalue weighted by molar-refractivity contribution is 6.01. The van der Waals surface area contributed by atoms with E-state index in [4.69, 9.17) is 0 Å². The van der Waals surface area contributed by atoms with E-state index >= 15 is 0 Å². The molecule has 1 aliphatic heterocycles. The third-order valence-electron chi connectivity index (χ3n) is 4.78. The molecule has 7 nitrogen and oxygen atoms in total. The maximum absolute atomic E-state index is 14.4. The highest BCUT2D eigenvalue weighted by Gasteiger charge is 2.73. The monoisotopic (exact) mass is 395 g/mol. The van der Waals surface area contributed by atoms with Crippen molar-refractivity contribution < 1.29 is 27.5 Å². The maximum Gasteiger partial charge on any atom is 0.408 e. The number of aromatic nitrogens is 2. The van der Waals surface area contributed by atoms with Gasteiger partial charge in [-0.15, -0.1) is 0 Å². The number of esters is 1. The minimum absolute atomic E-state index is 0.204. The number of para-hydroxylation sites is 1. The number of carbonyl (C=O) groups is 2. The van der Waals surface area contributed by atoms with Gasteiger partial charge in [0.25, 0.3) is 5.56 Å². The second-order valence-electron chi connectivity index (χ2n) is 6.33. The molecule has 2 heterocycles. The van der Waals surface area contributed by atoms with Crippen molar-refractivity contribution in [3.63, 3.8) is 0 Å². The second-order valence-corrected chi connectivity index (χ2v) is 6.33. The molecule has 1 saturated heterocycles. The molecule has 1 aromatic carbocycles. The number of alkyl halides is 3. The molecule has 1 aliphatic rings. The predicted octanol–water partition coefficient (Wildman–Crippen LogP) is 1.71. The average Bonchev–Trinajstić information content (AvgIpc) is 3.07. The van der Waals surface area contributed by atoms with E-state index in [1.54, 1.807) is 18.2 Å². The van der Waals surface area contributed by atoms with Crippen molar-refractivity contribution in [1.29, 1.82) is 0 Å². The summed E-state index contributed by atoms with van der Waals surface area (Å²) < 4.78 is 48.5. The van der Waals surface area contributed by atoms with E-state index in [-0.39, 0.29) is 11.4 Å². The molecule has 0 radical (unpaired) electrons. The molecule has 2 atom stereocenters. The predicted molar refractivity (Wildman–Crippen MR) is 91.6 cm³/mol. The van der Waals surface area contributed by atoms with E-state index in [9.17, 15) is 27.6 Å². The number of halogens is 3. The number of nitrogens with one attached hydrogen (secondary N) is 2. The quantitative estimate of drug-likeness (QED) is 0.774. The van der Waals surface area contributed by atoms with E-state index in [0.29, 0.717) is 0 Å². The minimum atomic E-state index is -5.28. The zero-order chi connectivity index (χ0) is 20.9. The largest absolute Gasteiger partial charge is 0.468 e. The summed E-state index contributed by atoms with van der Waals surface area (Å²) in [7, 11) is 0.895. The summed E-state index contributed by atoms with van der Waals surface area (Å²) in [6, 6.07) is 7.88. The number of H-pyrrole nitrogens is 1. The van der Waals surface area contributed by atoms with Crippen LogP contribution in [0.15, 0.2) is 47.4 Å². The zero-order valence-electron chi connectivity index (χ0n) is 14.9. The lowest BCUT2D eigenvalue weighted by Crippen LogP contribution is -2.56. The van der Waals surface area contributed by atoms with Crippen molar-refractivity contribution in [1.82, 2.24) is 15.1 Å². The van der Waals surface area contributed by atoms with Crippen LogP contribution in [-0.2, 0) is 19.7 Å². The smallest absolute Gasteiger partial charge is 0.408 e. The number of carbonyl (C=O) groups excluding carboxylic acids is 2. The Kier molecular flexibility index (Phi) is 4.44. The first-order chi connectivity index (χ1) is 13.1. The first-order valence-electron chi connectivity index (χ1n) is 8.09. The summed E-state index contributed by atoms with van der Waals surface area (Å²) in [6.45, 7) is 4.59. The van der Waals surface area contributed by atoms with Crippen LogP contribution >= 0.6 is 0 Å². The van der Waals surface area contributed by atoms with Gasteiger partial charge in [-0.3, -0.25) is 19.5 Å². The van der Waals surface area contributed by atoms with E-state index in [2.05, 4.69) is 16.4 Å². The fraction of sp³-hybridized carbons (Fsp3) is 0.278. The molecule has 0 spiro atoms. The van der Waals surface area contributed by atoms with Gasteiger partial charge < -0.3 is 10.1 Å². The number of amides is 1. The molecular weight excluding hydrogens is 379 g/mol. The number of rotatable bonds is 3. The van der Waals surface area contributed by atoms with Gasteiger partial charge in [0.15, 0.2) is 5.41 Å². The van der Waals surface area contributed by atoms with Crippen LogP contribution in [0.25, 0.3) is 5.69 Å². The van der Waals surface area contributed by atoms with Crippen LogP contribution in [0.2, 0.25) is 0 Å². The molecule has 10 heteroatoms. The van der Waals surface area contributed by atoms with Crippen LogP contribution in [0.4, 0.5) is 13.2 Å². The molecule has 1 fully saturated rings. The molecule has 0 bridgehead atoms. The number of hydrogen-bond donors (Lipinski definition) is 2. The first kappa shape index (κ1) is 19.5. The summed E-state index contributed by atoms with van der Waals surface area (Å²) in [4.78, 5) is 37.8. The number of methoxy groups -OCH3 is 1. The van der Waals surface area contributed by atoms with Crippen molar-refractivity contribution in [2.75, 3.05) is 7.11 Å². The number of benzene rings is 1. The number of ether oxygens (including phenoxy) is 1. The summed E-state index contributed by atoms with van der Waals surface area (Å²) in [6.07, 6.45) is -5.28. The van der Waals surface area contributed by atoms with Crippen molar-refractivity contribution >= 4 is 11.9 Å². The summed E-state index contributed by atoms with van der Waals surface area (Å²) >= 11 is 0. The lowest BCUT2D eigenvalue weighted by Gasteiger charge is -2.32. The Morgan fingerprint density at radius 2 is 1.86 bits per heavy atom. The fourth-order valence-electron chi connectivity index (χ4n) is 3.61. The number of aromatic amines is 1. The molecular formula is C18H16F3N3O4. The normalized spacial score (nSPS) is 22.2. The van der Waals surface area contributed by atoms with Gasteiger partial charge in [-0.05, 0) is 19.1 Å². The maximum atomic E-state index is 14.4. The molecule has 1 amide bonds. The molecule has 28 heavy (non-hydrogen) atoms. The molecule has 148 valence electrons. The summed E-state index contributed by atoms with van der Waals surface area (Å²) in [5, 5.41) is 4.52. The molecule has 2 N–H and O–H groups in total. The highest BCUT2D eigenvalue weighted by Crippen LogP contribution is 2.52. The summed E-state index contributed by atoms with van der Waals surface area (Å²) in [5.41, 5.74) is -5.86. The standard InChI is InChI=1S/C18H16F3N3O4/c1-9-13(15(26)28-3)17(16(27)22-9,18(19,20)21)12-10(2)23-24(14(12)25)11-7-5-4-6-8-11/h4-8,13,23H,1H2,2-3H3,(H,22,27)/t13-,17-/m1/s1. The van der Waals surface area contributed by atoms with Crippen LogP contribution in [0.3, 0.4) is 0 Å². The molecule has 0 unspecified atom stereocenters. The Balaban J connectivity index is 2.39. The fourth-order valence-corrected chi connectivity index (χ4v) is 3.61. The van der Waals surface area contributed by atoms with Crippen LogP contribution in [0, 0.1) is 12.8 Å². The summed E-state index contributed by atoms with van der Waals surface area (Å²) in [5.74, 6) is -5.02. The number of aryl methyl sites for hydroxylation is 1. The second kappa shape index (κ2) is 6.39. The van der Waals surface area contributed by atoms with Crippen LogP contribution in [-0.4, -0.2) is 34.9 Å². The Morgan fingerprint density at radius 1 is 1.25 bits per heavy atom. The number of nitrogens with zero attached hydrogens (tertiary/aromatic N) is 1. The third kappa shape index (κ3) is 2.48. The van der Waals surface area contributed by atoms with Crippen LogP contribution in [0.1, 0.15) is 11.3 Å². The van der Waals surface area contributed by atoms with Crippen molar-refractivity contribution in [3.8, 4) is 5.69 Å². The Hall–Kier alpha value is -3.30. The van der Waals surface area contributed by atoms with Gasteiger partial charge in [0, 0.05) is 11.4 Å². The Labute approximate surface area is 156 Å². The minimum Gasteiger partial charge on any atom is -0.468 e. The molecule has 2 aromatic rings. The van der Waals surface area contributed by atoms with Gasteiger partial charge in [0.1, 0.15) is 5.92 Å². The van der Waals surface area contributed by atoms with Gasteiger partial charge in [-0.2, -0.15) is 13.2 Å².